The van der Waals surface area contributed by atoms with Crippen LogP contribution in [0.2, 0.25) is 0 Å². The molecule has 8 heteroatoms. The highest BCUT2D eigenvalue weighted by Crippen LogP contribution is 2.23. The fourth-order valence-electron chi connectivity index (χ4n) is 2.70. The van der Waals surface area contributed by atoms with Crippen molar-refractivity contribution in [3.8, 4) is 0 Å². The van der Waals surface area contributed by atoms with Gasteiger partial charge in [-0.15, -0.1) is 11.3 Å². The second-order valence-corrected chi connectivity index (χ2v) is 6.76. The van der Waals surface area contributed by atoms with Crippen molar-refractivity contribution in [3.05, 3.63) is 81.6 Å². The number of nitrogens with zero attached hydrogens (tertiary/aromatic N) is 3. The van der Waals surface area contributed by atoms with Gasteiger partial charge in [-0.25, -0.2) is 9.78 Å². The van der Waals surface area contributed by atoms with Crippen molar-refractivity contribution in [2.45, 2.75) is 12.8 Å². The molecule has 1 aromatic carbocycles. The Morgan fingerprint density at radius 1 is 1.00 bits per heavy atom. The number of amides is 2. The molecule has 0 saturated heterocycles. The van der Waals surface area contributed by atoms with E-state index in [-0.39, 0.29) is 17.5 Å². The number of aromatic nitrogens is 2. The third kappa shape index (κ3) is 3.47. The van der Waals surface area contributed by atoms with Gasteiger partial charge in [-0.2, -0.15) is 0 Å². The van der Waals surface area contributed by atoms with Crippen LogP contribution >= 0.6 is 11.3 Å². The largest absolute Gasteiger partial charge is 0.339 e. The zero-order valence-electron chi connectivity index (χ0n) is 14.0. The van der Waals surface area contributed by atoms with E-state index in [1.807, 2.05) is 18.2 Å². The standard InChI is InChI=1S/C19H13N3O4S/c23-17(26-22-18(24)14-6-1-2-7-15(14)19(22)25)10-13-11-27-16(21-13)9-12-5-3-4-8-20-12/h1-8,11H,9-10H2. The maximum atomic E-state index is 12.2. The van der Waals surface area contributed by atoms with Gasteiger partial charge in [0.05, 0.1) is 28.2 Å². The summed E-state index contributed by atoms with van der Waals surface area (Å²) in [6.45, 7) is 0. The van der Waals surface area contributed by atoms with Crippen LogP contribution in [-0.4, -0.2) is 32.8 Å². The Morgan fingerprint density at radius 2 is 1.70 bits per heavy atom. The maximum Gasteiger partial charge on any atom is 0.339 e. The van der Waals surface area contributed by atoms with Gasteiger partial charge in [-0.3, -0.25) is 14.6 Å². The molecule has 27 heavy (non-hydrogen) atoms. The van der Waals surface area contributed by atoms with Gasteiger partial charge >= 0.3 is 5.97 Å². The number of carbonyl (C=O) groups is 3. The second-order valence-electron chi connectivity index (χ2n) is 5.82. The molecule has 2 aromatic heterocycles. The van der Waals surface area contributed by atoms with Crippen LogP contribution in [0, 0.1) is 0 Å². The predicted octanol–water partition coefficient (Wildman–Crippen LogP) is 2.43. The first kappa shape index (κ1) is 17.0. The molecule has 0 aliphatic carbocycles. The van der Waals surface area contributed by atoms with Crippen LogP contribution in [0.15, 0.2) is 54.0 Å². The summed E-state index contributed by atoms with van der Waals surface area (Å²) in [6.07, 6.45) is 2.15. The van der Waals surface area contributed by atoms with Crippen LogP contribution in [0.25, 0.3) is 0 Å². The van der Waals surface area contributed by atoms with Gasteiger partial charge in [0.2, 0.25) is 0 Å². The molecule has 0 N–H and O–H groups in total. The van der Waals surface area contributed by atoms with Gasteiger partial charge in [-0.1, -0.05) is 23.3 Å². The van der Waals surface area contributed by atoms with E-state index in [9.17, 15) is 14.4 Å². The van der Waals surface area contributed by atoms with Crippen molar-refractivity contribution < 1.29 is 19.2 Å². The molecule has 1 aliphatic rings. The molecule has 134 valence electrons. The highest BCUT2D eigenvalue weighted by atomic mass is 32.1. The van der Waals surface area contributed by atoms with E-state index in [2.05, 4.69) is 9.97 Å². The Hall–Kier alpha value is -3.39. The zero-order valence-corrected chi connectivity index (χ0v) is 14.8. The highest BCUT2D eigenvalue weighted by Gasteiger charge is 2.38. The van der Waals surface area contributed by atoms with Crippen molar-refractivity contribution in [1.29, 1.82) is 0 Å². The summed E-state index contributed by atoms with van der Waals surface area (Å²) in [5.41, 5.74) is 1.85. The number of hydrogen-bond donors (Lipinski definition) is 0. The van der Waals surface area contributed by atoms with Crippen molar-refractivity contribution in [2.75, 3.05) is 0 Å². The summed E-state index contributed by atoms with van der Waals surface area (Å²) < 4.78 is 0. The number of hydroxylamine groups is 2. The molecular formula is C19H13N3O4S. The average Bonchev–Trinajstić information content (AvgIpc) is 3.21. The lowest BCUT2D eigenvalue weighted by atomic mass is 10.1. The number of imide groups is 1. The molecule has 4 rings (SSSR count). The number of carbonyl (C=O) groups excluding carboxylic acids is 3. The number of fused-ring (bicyclic) bond motifs is 1. The SMILES string of the molecule is O=C(Cc1csc(Cc2ccccn2)n1)ON1C(=O)c2ccccc2C1=O. The molecule has 7 nitrogen and oxygen atoms in total. The molecule has 0 radical (unpaired) electrons. The molecule has 3 heterocycles. The minimum Gasteiger partial charge on any atom is -0.329 e. The quantitative estimate of drug-likeness (QED) is 0.633. The van der Waals surface area contributed by atoms with E-state index in [0.29, 0.717) is 17.2 Å². The Labute approximate surface area is 158 Å². The monoisotopic (exact) mass is 379 g/mol. The Kier molecular flexibility index (Phi) is 4.47. The number of pyridine rings is 1. The Balaban J connectivity index is 1.39. The van der Waals surface area contributed by atoms with E-state index in [1.54, 1.807) is 23.7 Å². The van der Waals surface area contributed by atoms with Crippen LogP contribution < -0.4 is 0 Å². The second kappa shape index (κ2) is 7.08. The van der Waals surface area contributed by atoms with Crippen LogP contribution in [0.4, 0.5) is 0 Å². The normalized spacial score (nSPS) is 13.0. The summed E-state index contributed by atoms with van der Waals surface area (Å²) in [4.78, 5) is 50.2. The molecule has 1 aliphatic heterocycles. The summed E-state index contributed by atoms with van der Waals surface area (Å²) in [6, 6.07) is 12.0. The number of hydrogen-bond acceptors (Lipinski definition) is 7. The van der Waals surface area contributed by atoms with Crippen LogP contribution in [0.5, 0.6) is 0 Å². The lowest BCUT2D eigenvalue weighted by Gasteiger charge is -2.12. The fourth-order valence-corrected chi connectivity index (χ4v) is 3.51. The molecule has 0 spiro atoms. The molecule has 3 aromatic rings. The first-order valence-corrected chi connectivity index (χ1v) is 9.01. The third-order valence-electron chi connectivity index (χ3n) is 3.93. The third-order valence-corrected chi connectivity index (χ3v) is 4.83. The van der Waals surface area contributed by atoms with Gasteiger partial charge in [0.15, 0.2) is 0 Å². The van der Waals surface area contributed by atoms with Gasteiger partial charge in [-0.05, 0) is 24.3 Å². The van der Waals surface area contributed by atoms with Gasteiger partial charge in [0, 0.05) is 23.7 Å². The summed E-state index contributed by atoms with van der Waals surface area (Å²) in [5, 5.41) is 3.08. The average molecular weight is 379 g/mol. The maximum absolute atomic E-state index is 12.2. The molecule has 0 unspecified atom stereocenters. The Bertz CT molecular complexity index is 997. The first-order chi connectivity index (χ1) is 13.1. The van der Waals surface area contributed by atoms with Crippen molar-refractivity contribution in [1.82, 2.24) is 15.0 Å². The van der Waals surface area contributed by atoms with Crippen molar-refractivity contribution in [2.24, 2.45) is 0 Å². The summed E-state index contributed by atoms with van der Waals surface area (Å²) >= 11 is 1.41. The topological polar surface area (TPSA) is 89.5 Å². The number of rotatable bonds is 5. The van der Waals surface area contributed by atoms with Crippen LogP contribution in [0.1, 0.15) is 37.1 Å². The molecule has 0 bridgehead atoms. The van der Waals surface area contributed by atoms with Crippen molar-refractivity contribution in [3.63, 3.8) is 0 Å². The first-order valence-electron chi connectivity index (χ1n) is 8.13. The van der Waals surface area contributed by atoms with E-state index in [0.717, 1.165) is 10.7 Å². The van der Waals surface area contributed by atoms with Gasteiger partial charge < -0.3 is 4.84 Å². The van der Waals surface area contributed by atoms with Crippen LogP contribution in [0.3, 0.4) is 0 Å². The molecule has 0 fully saturated rings. The summed E-state index contributed by atoms with van der Waals surface area (Å²) in [5.74, 6) is -2.00. The van der Waals surface area contributed by atoms with E-state index in [1.165, 1.54) is 23.5 Å². The van der Waals surface area contributed by atoms with E-state index >= 15 is 0 Å². The Morgan fingerprint density at radius 3 is 2.37 bits per heavy atom. The molecular weight excluding hydrogens is 366 g/mol. The number of thiazole rings is 1. The lowest BCUT2D eigenvalue weighted by molar-refractivity contribution is -0.167. The predicted molar refractivity (Wildman–Crippen MR) is 95.9 cm³/mol. The van der Waals surface area contributed by atoms with Crippen LogP contribution in [-0.2, 0) is 22.5 Å². The highest BCUT2D eigenvalue weighted by molar-refractivity contribution is 7.09. The fraction of sp³-hybridized carbons (Fsp3) is 0.105. The molecule has 2 amide bonds. The number of benzene rings is 1. The van der Waals surface area contributed by atoms with Gasteiger partial charge in [0.1, 0.15) is 0 Å². The minimum atomic E-state index is -0.723. The molecule has 0 saturated carbocycles. The van der Waals surface area contributed by atoms with Gasteiger partial charge in [0.25, 0.3) is 11.8 Å². The summed E-state index contributed by atoms with van der Waals surface area (Å²) in [7, 11) is 0. The lowest BCUT2D eigenvalue weighted by Crippen LogP contribution is -2.33. The minimum absolute atomic E-state index is 0.133. The van der Waals surface area contributed by atoms with Crippen molar-refractivity contribution >= 4 is 29.1 Å². The zero-order chi connectivity index (χ0) is 18.8. The van der Waals surface area contributed by atoms with E-state index < -0.39 is 17.8 Å². The molecule has 0 atom stereocenters. The van der Waals surface area contributed by atoms with E-state index in [4.69, 9.17) is 4.84 Å². The smallest absolute Gasteiger partial charge is 0.329 e.